The van der Waals surface area contributed by atoms with E-state index in [-0.39, 0.29) is 27.8 Å². The summed E-state index contributed by atoms with van der Waals surface area (Å²) in [7, 11) is 18.5. The molecule has 2 N–H and O–H groups in total. The van der Waals surface area contributed by atoms with E-state index < -0.39 is 11.5 Å². The average molecular weight is 689 g/mol. The number of furan rings is 1. The van der Waals surface area contributed by atoms with Crippen LogP contribution in [0.15, 0.2) is 150 Å². The lowest BCUT2D eigenvalue weighted by atomic mass is 9.74. The standard InChI is InChI=1S/C45H26B3N3O3/c46-38-37(39(47)42(53)40(48)41(38)52)45-50-43(30-20-16-28(17-21-30)26-10-5-2-6-11-26)49-44(51-45)31-22-23-33-35(24-31)54-34-13-7-12-32(36(33)34)29-18-14-27(15-19-29)25-8-3-1-4-9-25/h1-24,52-53H. The maximum absolute atomic E-state index is 10.7. The zero-order valence-corrected chi connectivity index (χ0v) is 28.7. The Morgan fingerprint density at radius 1 is 0.407 bits per heavy atom. The molecule has 248 valence electrons. The van der Waals surface area contributed by atoms with Gasteiger partial charge in [-0.3, -0.25) is 0 Å². The van der Waals surface area contributed by atoms with Crippen LogP contribution in [0.1, 0.15) is 0 Å². The van der Waals surface area contributed by atoms with Gasteiger partial charge in [0.2, 0.25) is 0 Å². The van der Waals surface area contributed by atoms with E-state index in [1.165, 1.54) is 0 Å². The van der Waals surface area contributed by atoms with E-state index in [0.717, 1.165) is 49.7 Å². The molecule has 0 unspecified atom stereocenters. The molecule has 9 rings (SSSR count). The molecule has 0 spiro atoms. The molecule has 0 atom stereocenters. The highest BCUT2D eigenvalue weighted by molar-refractivity contribution is 6.51. The first-order valence-electron chi connectivity index (χ1n) is 17.3. The SMILES string of the molecule is [B]c1c(O)c([B])c(-c2nc(-c3ccc(-c4ccccc4)cc3)nc(-c3ccc4c(c3)oc3cccc(-c5ccc(-c6ccccc6)cc5)c34)n2)c([B])c1O. The molecule has 0 fully saturated rings. The maximum Gasteiger partial charge on any atom is 0.164 e. The number of benzene rings is 7. The van der Waals surface area contributed by atoms with Gasteiger partial charge in [-0.2, -0.15) is 0 Å². The highest BCUT2D eigenvalue weighted by Gasteiger charge is 2.22. The number of fused-ring (bicyclic) bond motifs is 3. The van der Waals surface area contributed by atoms with Crippen LogP contribution in [-0.2, 0) is 0 Å². The first kappa shape index (κ1) is 33.0. The molecule has 0 aliphatic rings. The van der Waals surface area contributed by atoms with E-state index in [1.807, 2.05) is 103 Å². The summed E-state index contributed by atoms with van der Waals surface area (Å²) in [5, 5.41) is 23.3. The van der Waals surface area contributed by atoms with Crippen LogP contribution in [-0.4, -0.2) is 48.7 Å². The summed E-state index contributed by atoms with van der Waals surface area (Å²) in [5.74, 6) is -0.345. The Bertz CT molecular complexity index is 2830. The number of nitrogens with zero attached hydrogens (tertiary/aromatic N) is 3. The Hall–Kier alpha value is -6.86. The number of hydrogen-bond donors (Lipinski definition) is 2. The molecule has 2 aromatic heterocycles. The van der Waals surface area contributed by atoms with Gasteiger partial charge in [0.25, 0.3) is 0 Å². The third-order valence-electron chi connectivity index (χ3n) is 9.73. The van der Waals surface area contributed by atoms with Gasteiger partial charge in [0.05, 0.1) is 0 Å². The van der Waals surface area contributed by atoms with Gasteiger partial charge in [0.1, 0.15) is 46.2 Å². The normalized spacial score (nSPS) is 11.3. The largest absolute Gasteiger partial charge is 0.509 e. The van der Waals surface area contributed by atoms with Crippen LogP contribution < -0.4 is 16.4 Å². The second kappa shape index (κ2) is 13.3. The number of phenolic OH excluding ortho intramolecular Hbond substituents is 2. The van der Waals surface area contributed by atoms with Crippen LogP contribution in [0.4, 0.5) is 0 Å². The van der Waals surface area contributed by atoms with Crippen LogP contribution in [0.5, 0.6) is 11.5 Å². The van der Waals surface area contributed by atoms with Crippen molar-refractivity contribution in [2.75, 3.05) is 0 Å². The lowest BCUT2D eigenvalue weighted by molar-refractivity contribution is 0.464. The molecule has 2 heterocycles. The summed E-state index contributed by atoms with van der Waals surface area (Å²) in [4.78, 5) is 14.4. The molecule has 6 nitrogen and oxygen atoms in total. The Morgan fingerprint density at radius 2 is 0.889 bits per heavy atom. The molecule has 0 aliphatic carbocycles. The van der Waals surface area contributed by atoms with Gasteiger partial charge in [-0.05, 0) is 68.0 Å². The lowest BCUT2D eigenvalue weighted by Gasteiger charge is -2.17. The molecule has 54 heavy (non-hydrogen) atoms. The predicted molar refractivity (Wildman–Crippen MR) is 219 cm³/mol. The van der Waals surface area contributed by atoms with E-state index >= 15 is 0 Å². The number of phenols is 2. The molecule has 6 radical (unpaired) electrons. The van der Waals surface area contributed by atoms with Crippen molar-refractivity contribution in [2.45, 2.75) is 0 Å². The van der Waals surface area contributed by atoms with Gasteiger partial charge >= 0.3 is 0 Å². The summed E-state index contributed by atoms with van der Waals surface area (Å²) < 4.78 is 6.45. The fourth-order valence-corrected chi connectivity index (χ4v) is 6.89. The minimum absolute atomic E-state index is 0.0396. The summed E-state index contributed by atoms with van der Waals surface area (Å²) in [6, 6.07) is 48.6. The van der Waals surface area contributed by atoms with Crippen molar-refractivity contribution >= 4 is 61.9 Å². The fourth-order valence-electron chi connectivity index (χ4n) is 6.89. The predicted octanol–water partition coefficient (Wildman–Crippen LogP) is 7.57. The third kappa shape index (κ3) is 5.71. The Morgan fingerprint density at radius 3 is 1.48 bits per heavy atom. The quantitative estimate of drug-likeness (QED) is 0.175. The topological polar surface area (TPSA) is 92.3 Å². The molecule has 9 aromatic rings. The van der Waals surface area contributed by atoms with Gasteiger partial charge in [-0.15, -0.1) is 0 Å². The summed E-state index contributed by atoms with van der Waals surface area (Å²) >= 11 is 0. The van der Waals surface area contributed by atoms with Crippen LogP contribution in [0.3, 0.4) is 0 Å². The number of aromatic nitrogens is 3. The van der Waals surface area contributed by atoms with Crippen LogP contribution in [0, 0.1) is 0 Å². The van der Waals surface area contributed by atoms with E-state index in [2.05, 4.69) is 42.5 Å². The van der Waals surface area contributed by atoms with Crippen LogP contribution >= 0.6 is 0 Å². The van der Waals surface area contributed by atoms with Crippen molar-refractivity contribution in [3.05, 3.63) is 146 Å². The van der Waals surface area contributed by atoms with Crippen molar-refractivity contribution in [1.29, 1.82) is 0 Å². The number of aromatic hydroxyl groups is 2. The zero-order chi connectivity index (χ0) is 36.9. The highest BCUT2D eigenvalue weighted by atomic mass is 16.3. The maximum atomic E-state index is 10.7. The first-order valence-corrected chi connectivity index (χ1v) is 17.3. The molecular formula is C45H26B3N3O3. The lowest BCUT2D eigenvalue weighted by Crippen LogP contribution is -2.29. The van der Waals surface area contributed by atoms with Crippen molar-refractivity contribution in [3.8, 4) is 79.0 Å². The van der Waals surface area contributed by atoms with Crippen molar-refractivity contribution < 1.29 is 14.6 Å². The van der Waals surface area contributed by atoms with E-state index in [4.69, 9.17) is 42.9 Å². The second-order valence-electron chi connectivity index (χ2n) is 13.0. The number of rotatable bonds is 6. The molecule has 0 amide bonds. The van der Waals surface area contributed by atoms with Crippen LogP contribution in [0.2, 0.25) is 0 Å². The van der Waals surface area contributed by atoms with Crippen molar-refractivity contribution in [3.63, 3.8) is 0 Å². The van der Waals surface area contributed by atoms with Gasteiger partial charge in [-0.25, -0.2) is 15.0 Å². The molecule has 0 bridgehead atoms. The minimum Gasteiger partial charge on any atom is -0.509 e. The average Bonchev–Trinajstić information content (AvgIpc) is 3.61. The van der Waals surface area contributed by atoms with Gasteiger partial charge in [0.15, 0.2) is 17.5 Å². The third-order valence-corrected chi connectivity index (χ3v) is 9.73. The Labute approximate surface area is 315 Å². The van der Waals surface area contributed by atoms with E-state index in [0.29, 0.717) is 28.4 Å². The van der Waals surface area contributed by atoms with E-state index in [1.54, 1.807) is 0 Å². The monoisotopic (exact) mass is 689 g/mol. The van der Waals surface area contributed by atoms with E-state index in [9.17, 15) is 10.2 Å². The van der Waals surface area contributed by atoms with Crippen molar-refractivity contribution in [1.82, 2.24) is 15.0 Å². The van der Waals surface area contributed by atoms with Gasteiger partial charge < -0.3 is 14.6 Å². The molecule has 0 saturated heterocycles. The minimum atomic E-state index is -0.512. The smallest absolute Gasteiger partial charge is 0.164 e. The fraction of sp³-hybridized carbons (Fsp3) is 0. The summed E-state index contributed by atoms with van der Waals surface area (Å²) in [5.41, 5.74) is 8.64. The molecule has 0 saturated carbocycles. The molecule has 7 aromatic carbocycles. The zero-order valence-electron chi connectivity index (χ0n) is 28.7. The first-order chi connectivity index (χ1) is 26.3. The molecule has 0 aliphatic heterocycles. The Balaban J connectivity index is 1.17. The Kier molecular flexibility index (Phi) is 8.12. The van der Waals surface area contributed by atoms with Crippen molar-refractivity contribution in [2.24, 2.45) is 0 Å². The van der Waals surface area contributed by atoms with Gasteiger partial charge in [-0.1, -0.05) is 127 Å². The summed E-state index contributed by atoms with van der Waals surface area (Å²) in [6.07, 6.45) is 0. The second-order valence-corrected chi connectivity index (χ2v) is 13.0. The highest BCUT2D eigenvalue weighted by Crippen LogP contribution is 2.39. The van der Waals surface area contributed by atoms with Gasteiger partial charge in [0, 0.05) is 27.5 Å². The molecular weight excluding hydrogens is 663 g/mol. The number of hydrogen-bond acceptors (Lipinski definition) is 6. The summed E-state index contributed by atoms with van der Waals surface area (Å²) in [6.45, 7) is 0. The molecule has 9 heteroatoms. The van der Waals surface area contributed by atoms with Crippen LogP contribution in [0.25, 0.3) is 89.5 Å².